The minimum atomic E-state index is -0.437. The zero-order valence-electron chi connectivity index (χ0n) is 11.6. The van der Waals surface area contributed by atoms with Gasteiger partial charge in [-0.05, 0) is 37.1 Å². The third-order valence-electron chi connectivity index (χ3n) is 3.58. The topological polar surface area (TPSA) is 38.3 Å². The van der Waals surface area contributed by atoms with Gasteiger partial charge in [0, 0.05) is 12.1 Å². The number of benzene rings is 2. The van der Waals surface area contributed by atoms with E-state index in [9.17, 15) is 4.79 Å². The first-order valence-corrected chi connectivity index (χ1v) is 6.76. The van der Waals surface area contributed by atoms with Crippen LogP contribution in [0.4, 0.5) is 5.69 Å². The molecule has 20 heavy (non-hydrogen) atoms. The monoisotopic (exact) mass is 267 g/mol. The molecule has 2 aromatic carbocycles. The molecule has 0 aliphatic carbocycles. The van der Waals surface area contributed by atoms with Crippen molar-refractivity contribution >= 4 is 11.6 Å². The number of amides is 1. The molecule has 3 rings (SSSR count). The fraction of sp³-hybridized carbons (Fsp3) is 0.235. The van der Waals surface area contributed by atoms with Crippen molar-refractivity contribution in [2.45, 2.75) is 26.4 Å². The number of anilines is 1. The Labute approximate surface area is 118 Å². The number of ether oxygens (including phenoxy) is 1. The molecule has 0 saturated heterocycles. The van der Waals surface area contributed by atoms with E-state index in [1.54, 1.807) is 0 Å². The molecule has 0 radical (unpaired) electrons. The van der Waals surface area contributed by atoms with Crippen molar-refractivity contribution in [3.8, 4) is 5.75 Å². The summed E-state index contributed by atoms with van der Waals surface area (Å²) in [7, 11) is 0. The Morgan fingerprint density at radius 1 is 1.20 bits per heavy atom. The number of rotatable bonds is 2. The maximum atomic E-state index is 12.3. The molecule has 0 fully saturated rings. The van der Waals surface area contributed by atoms with Crippen molar-refractivity contribution in [2.75, 3.05) is 5.32 Å². The minimum Gasteiger partial charge on any atom is -0.480 e. The van der Waals surface area contributed by atoms with Gasteiger partial charge in [0.2, 0.25) is 0 Å². The molecule has 0 aromatic heterocycles. The number of nitrogens with one attached hydrogen (secondary N) is 1. The Kier molecular flexibility index (Phi) is 3.18. The normalized spacial score (nSPS) is 16.4. The zero-order chi connectivity index (χ0) is 14.1. The Bertz CT molecular complexity index is 639. The SMILES string of the molecule is Cc1ccc(NC(=O)[C@@H]2Cc3ccccc3O2)c(C)c1. The predicted molar refractivity (Wildman–Crippen MR) is 79.1 cm³/mol. The zero-order valence-corrected chi connectivity index (χ0v) is 11.6. The van der Waals surface area contributed by atoms with Gasteiger partial charge >= 0.3 is 0 Å². The van der Waals surface area contributed by atoms with Gasteiger partial charge in [-0.25, -0.2) is 0 Å². The first-order chi connectivity index (χ1) is 9.63. The van der Waals surface area contributed by atoms with E-state index >= 15 is 0 Å². The van der Waals surface area contributed by atoms with Gasteiger partial charge in [-0.1, -0.05) is 35.9 Å². The van der Waals surface area contributed by atoms with E-state index in [1.165, 1.54) is 5.56 Å². The lowest BCUT2D eigenvalue weighted by atomic mass is 10.1. The van der Waals surface area contributed by atoms with Gasteiger partial charge in [0.05, 0.1) is 0 Å². The second-order valence-electron chi connectivity index (χ2n) is 5.23. The number of fused-ring (bicyclic) bond motifs is 1. The minimum absolute atomic E-state index is 0.0897. The number of hydrogen-bond donors (Lipinski definition) is 1. The van der Waals surface area contributed by atoms with Gasteiger partial charge in [0.25, 0.3) is 5.91 Å². The van der Waals surface area contributed by atoms with Crippen LogP contribution in [0.25, 0.3) is 0 Å². The van der Waals surface area contributed by atoms with Crippen LogP contribution in [0.2, 0.25) is 0 Å². The van der Waals surface area contributed by atoms with Gasteiger partial charge in [-0.15, -0.1) is 0 Å². The van der Waals surface area contributed by atoms with Crippen molar-refractivity contribution in [3.63, 3.8) is 0 Å². The van der Waals surface area contributed by atoms with Gasteiger partial charge in [0.15, 0.2) is 6.10 Å². The molecule has 1 aliphatic rings. The van der Waals surface area contributed by atoms with Crippen LogP contribution in [0.3, 0.4) is 0 Å². The van der Waals surface area contributed by atoms with Crippen molar-refractivity contribution in [2.24, 2.45) is 0 Å². The quantitative estimate of drug-likeness (QED) is 0.907. The Morgan fingerprint density at radius 2 is 2.00 bits per heavy atom. The summed E-state index contributed by atoms with van der Waals surface area (Å²) in [6, 6.07) is 13.8. The summed E-state index contributed by atoms with van der Waals surface area (Å²) < 4.78 is 5.69. The maximum absolute atomic E-state index is 12.3. The number of carbonyl (C=O) groups is 1. The molecule has 1 aliphatic heterocycles. The van der Waals surface area contributed by atoms with Gasteiger partial charge in [-0.3, -0.25) is 4.79 Å². The Morgan fingerprint density at radius 3 is 2.75 bits per heavy atom. The number of aryl methyl sites for hydroxylation is 2. The van der Waals surface area contributed by atoms with Gasteiger partial charge < -0.3 is 10.1 Å². The molecule has 2 aromatic rings. The molecule has 1 amide bonds. The molecule has 3 heteroatoms. The largest absolute Gasteiger partial charge is 0.480 e. The van der Waals surface area contributed by atoms with E-state index in [4.69, 9.17) is 4.74 Å². The number of para-hydroxylation sites is 1. The highest BCUT2D eigenvalue weighted by atomic mass is 16.5. The fourth-order valence-corrected chi connectivity index (χ4v) is 2.50. The average molecular weight is 267 g/mol. The maximum Gasteiger partial charge on any atom is 0.265 e. The summed E-state index contributed by atoms with van der Waals surface area (Å²) in [5, 5.41) is 2.95. The summed E-state index contributed by atoms with van der Waals surface area (Å²) in [6.45, 7) is 4.03. The van der Waals surface area contributed by atoms with Crippen LogP contribution in [-0.4, -0.2) is 12.0 Å². The van der Waals surface area contributed by atoms with Gasteiger partial charge in [-0.2, -0.15) is 0 Å². The lowest BCUT2D eigenvalue weighted by Gasteiger charge is -2.13. The average Bonchev–Trinajstić information content (AvgIpc) is 2.86. The number of hydrogen-bond acceptors (Lipinski definition) is 2. The molecule has 102 valence electrons. The van der Waals surface area contributed by atoms with E-state index in [0.717, 1.165) is 22.6 Å². The molecule has 3 nitrogen and oxygen atoms in total. The van der Waals surface area contributed by atoms with Crippen LogP contribution in [0.1, 0.15) is 16.7 Å². The summed E-state index contributed by atoms with van der Waals surface area (Å²) in [5.41, 5.74) is 4.19. The molecule has 1 N–H and O–H groups in total. The third-order valence-corrected chi connectivity index (χ3v) is 3.58. The molecule has 1 heterocycles. The van der Waals surface area contributed by atoms with Crippen molar-refractivity contribution in [3.05, 3.63) is 59.2 Å². The van der Waals surface area contributed by atoms with Gasteiger partial charge in [0.1, 0.15) is 5.75 Å². The van der Waals surface area contributed by atoms with E-state index < -0.39 is 6.10 Å². The fourth-order valence-electron chi connectivity index (χ4n) is 2.50. The highest BCUT2D eigenvalue weighted by molar-refractivity contribution is 5.95. The number of carbonyl (C=O) groups excluding carboxylic acids is 1. The van der Waals surface area contributed by atoms with E-state index in [-0.39, 0.29) is 5.91 Å². The molecule has 0 saturated carbocycles. The molecule has 1 atom stereocenters. The standard InChI is InChI=1S/C17H17NO2/c1-11-7-8-14(12(2)9-11)18-17(19)16-10-13-5-3-4-6-15(13)20-16/h3-9,16H,10H2,1-2H3,(H,18,19)/t16-/m0/s1. The Hall–Kier alpha value is -2.29. The summed E-state index contributed by atoms with van der Waals surface area (Å²) in [5.74, 6) is 0.724. The van der Waals surface area contributed by atoms with Crippen LogP contribution < -0.4 is 10.1 Å². The predicted octanol–water partition coefficient (Wildman–Crippen LogP) is 3.25. The van der Waals surface area contributed by atoms with Crippen molar-refractivity contribution < 1.29 is 9.53 Å². The molecule has 0 bridgehead atoms. The van der Waals surface area contributed by atoms with Crippen LogP contribution >= 0.6 is 0 Å². The second-order valence-corrected chi connectivity index (χ2v) is 5.23. The summed E-state index contributed by atoms with van der Waals surface area (Å²) in [4.78, 5) is 12.3. The van der Waals surface area contributed by atoms with E-state index in [2.05, 4.69) is 11.4 Å². The molecule has 0 unspecified atom stereocenters. The Balaban J connectivity index is 1.72. The molecular weight excluding hydrogens is 250 g/mol. The van der Waals surface area contributed by atoms with E-state index in [1.807, 2.05) is 50.2 Å². The molecule has 0 spiro atoms. The summed E-state index contributed by atoms with van der Waals surface area (Å²) in [6.07, 6.45) is 0.195. The van der Waals surface area contributed by atoms with Crippen molar-refractivity contribution in [1.82, 2.24) is 0 Å². The van der Waals surface area contributed by atoms with E-state index in [0.29, 0.717) is 6.42 Å². The van der Waals surface area contributed by atoms with Crippen LogP contribution in [0.5, 0.6) is 5.75 Å². The lowest BCUT2D eigenvalue weighted by molar-refractivity contribution is -0.122. The third kappa shape index (κ3) is 2.39. The lowest BCUT2D eigenvalue weighted by Crippen LogP contribution is -2.31. The highest BCUT2D eigenvalue weighted by Crippen LogP contribution is 2.29. The summed E-state index contributed by atoms with van der Waals surface area (Å²) >= 11 is 0. The highest BCUT2D eigenvalue weighted by Gasteiger charge is 2.28. The van der Waals surface area contributed by atoms with Crippen LogP contribution in [0, 0.1) is 13.8 Å². The first kappa shape index (κ1) is 12.7. The first-order valence-electron chi connectivity index (χ1n) is 6.76. The smallest absolute Gasteiger partial charge is 0.265 e. The van der Waals surface area contributed by atoms with Crippen molar-refractivity contribution in [1.29, 1.82) is 0 Å². The second kappa shape index (κ2) is 5.00. The van der Waals surface area contributed by atoms with Crippen LogP contribution in [-0.2, 0) is 11.2 Å². The molecular formula is C17H17NO2. The van der Waals surface area contributed by atoms with Crippen LogP contribution in [0.15, 0.2) is 42.5 Å².